The van der Waals surface area contributed by atoms with Crippen LogP contribution in [0.5, 0.6) is 0 Å². The number of hydrogen-bond donors (Lipinski definition) is 2. The quantitative estimate of drug-likeness (QED) is 0.581. The fraction of sp³-hybridized carbons (Fsp3) is 0.417. The number of quaternary nitrogens is 1. The highest BCUT2D eigenvalue weighted by Crippen LogP contribution is 2.32. The van der Waals surface area contributed by atoms with Crippen LogP contribution >= 0.6 is 11.3 Å². The third kappa shape index (κ3) is 5.18. The summed E-state index contributed by atoms with van der Waals surface area (Å²) in [7, 11) is 2.04. The minimum atomic E-state index is 0.0812. The zero-order valence-electron chi connectivity index (χ0n) is 18.8. The summed E-state index contributed by atoms with van der Waals surface area (Å²) in [4.78, 5) is 18.0. The van der Waals surface area contributed by atoms with Crippen LogP contribution in [0.3, 0.4) is 0 Å². The van der Waals surface area contributed by atoms with Gasteiger partial charge < -0.3 is 14.8 Å². The van der Waals surface area contributed by atoms with E-state index < -0.39 is 0 Å². The lowest BCUT2D eigenvalue weighted by molar-refractivity contribution is -0.885. The third-order valence-corrected chi connectivity index (χ3v) is 6.20. The lowest BCUT2D eigenvalue weighted by Crippen LogP contribution is -3.09. The number of hydrogen-bond acceptors (Lipinski definition) is 3. The van der Waals surface area contributed by atoms with Crippen molar-refractivity contribution in [2.24, 2.45) is 0 Å². The number of likely N-dealkylation sites (N-methyl/N-ethyl adjacent to an activating group) is 1. The van der Waals surface area contributed by atoms with Crippen LogP contribution in [0, 0.1) is 13.8 Å². The Morgan fingerprint density at radius 1 is 1.20 bits per heavy atom. The third-order valence-electron chi connectivity index (χ3n) is 5.35. The first-order valence-electron chi connectivity index (χ1n) is 10.5. The van der Waals surface area contributed by atoms with E-state index in [1.165, 1.54) is 22.5 Å². The van der Waals surface area contributed by atoms with Gasteiger partial charge in [-0.1, -0.05) is 30.3 Å². The molecule has 0 radical (unpaired) electrons. The van der Waals surface area contributed by atoms with E-state index in [0.717, 1.165) is 22.1 Å². The van der Waals surface area contributed by atoms with Crippen LogP contribution in [0.2, 0.25) is 0 Å². The van der Waals surface area contributed by atoms with Crippen molar-refractivity contribution >= 4 is 17.2 Å². The number of nitrogens with zero attached hydrogens (tertiary/aromatic N) is 2. The zero-order chi connectivity index (χ0) is 21.8. The molecular weight excluding hydrogens is 392 g/mol. The fourth-order valence-electron chi connectivity index (χ4n) is 4.00. The van der Waals surface area contributed by atoms with Crippen LogP contribution in [-0.4, -0.2) is 35.1 Å². The molecule has 2 heterocycles. The molecule has 0 fully saturated rings. The monoisotopic (exact) mass is 425 g/mol. The molecule has 5 nitrogen and oxygen atoms in total. The summed E-state index contributed by atoms with van der Waals surface area (Å²) in [5.41, 5.74) is 5.98. The molecule has 2 N–H and O–H groups in total. The molecule has 160 valence electrons. The highest BCUT2D eigenvalue weighted by atomic mass is 32.1. The van der Waals surface area contributed by atoms with Crippen molar-refractivity contribution < 1.29 is 9.69 Å². The van der Waals surface area contributed by atoms with E-state index in [2.05, 4.69) is 72.4 Å². The fourth-order valence-corrected chi connectivity index (χ4v) is 4.90. The summed E-state index contributed by atoms with van der Waals surface area (Å²) < 4.78 is 2.39. The van der Waals surface area contributed by atoms with Crippen molar-refractivity contribution in [1.29, 1.82) is 0 Å². The molecule has 0 spiro atoms. The van der Waals surface area contributed by atoms with Gasteiger partial charge >= 0.3 is 0 Å². The van der Waals surface area contributed by atoms with Crippen molar-refractivity contribution in [3.63, 3.8) is 0 Å². The Balaban J connectivity index is 1.75. The summed E-state index contributed by atoms with van der Waals surface area (Å²) in [6, 6.07) is 13.3. The van der Waals surface area contributed by atoms with Gasteiger partial charge in [-0.3, -0.25) is 4.79 Å². The number of thiazole rings is 1. The maximum Gasteiger partial charge on any atom is 0.275 e. The molecular formula is C24H33N4OS+. The predicted octanol–water partition coefficient (Wildman–Crippen LogP) is 3.38. The van der Waals surface area contributed by atoms with Crippen LogP contribution in [0.15, 0.2) is 41.8 Å². The van der Waals surface area contributed by atoms with E-state index >= 15 is 0 Å². The van der Waals surface area contributed by atoms with Crippen LogP contribution in [0.4, 0.5) is 0 Å². The molecule has 0 saturated carbocycles. The second kappa shape index (κ2) is 9.58. The number of benzene rings is 1. The minimum Gasteiger partial charge on any atom is -0.349 e. The normalized spacial score (nSPS) is 13.4. The smallest absolute Gasteiger partial charge is 0.275 e. The Morgan fingerprint density at radius 3 is 2.57 bits per heavy atom. The molecule has 0 aliphatic rings. The zero-order valence-corrected chi connectivity index (χ0v) is 19.6. The molecule has 1 amide bonds. The number of amides is 1. The van der Waals surface area contributed by atoms with Gasteiger partial charge in [-0.05, 0) is 46.2 Å². The Bertz CT molecular complexity index is 990. The largest absolute Gasteiger partial charge is 0.349 e. The number of nitrogens with one attached hydrogen (secondary N) is 2. The minimum absolute atomic E-state index is 0.0812. The maximum absolute atomic E-state index is 12.0. The van der Waals surface area contributed by atoms with Crippen molar-refractivity contribution in [2.45, 2.75) is 53.2 Å². The molecule has 2 aromatic heterocycles. The van der Waals surface area contributed by atoms with Crippen molar-refractivity contribution in [1.82, 2.24) is 14.9 Å². The van der Waals surface area contributed by atoms with E-state index in [9.17, 15) is 4.79 Å². The van der Waals surface area contributed by atoms with Gasteiger partial charge in [-0.25, -0.2) is 4.98 Å². The van der Waals surface area contributed by atoms with Gasteiger partial charge in [0.05, 0.1) is 18.8 Å². The van der Waals surface area contributed by atoms with Gasteiger partial charge in [0.2, 0.25) is 0 Å². The van der Waals surface area contributed by atoms with Gasteiger partial charge in [-0.2, -0.15) is 0 Å². The first-order valence-corrected chi connectivity index (χ1v) is 11.4. The standard InChI is InChI=1S/C24H32N4OS/c1-16(2)25-23(29)13-27(6)14-24-26-22(15-30-24)21-12-17(3)28(19(21)5)18(4)20-10-8-7-9-11-20/h7-12,15-16,18H,13-14H2,1-6H3,(H,25,29)/p+1/t18-/m0/s1. The topological polar surface area (TPSA) is 51.4 Å². The lowest BCUT2D eigenvalue weighted by atomic mass is 10.1. The number of carbonyl (C=O) groups excluding carboxylic acids is 1. The Labute approximate surface area is 183 Å². The van der Waals surface area contributed by atoms with E-state index in [0.29, 0.717) is 6.54 Å². The van der Waals surface area contributed by atoms with E-state index in [1.807, 2.05) is 20.9 Å². The van der Waals surface area contributed by atoms with Crippen LogP contribution in [0.25, 0.3) is 11.3 Å². The van der Waals surface area contributed by atoms with Gasteiger partial charge in [0, 0.05) is 28.4 Å². The summed E-state index contributed by atoms with van der Waals surface area (Å²) in [6.45, 7) is 11.7. The number of aryl methyl sites for hydroxylation is 1. The summed E-state index contributed by atoms with van der Waals surface area (Å²) >= 11 is 1.67. The van der Waals surface area contributed by atoms with Crippen molar-refractivity contribution in [3.05, 3.63) is 63.7 Å². The Kier molecular flexibility index (Phi) is 7.10. The predicted molar refractivity (Wildman–Crippen MR) is 124 cm³/mol. The van der Waals surface area contributed by atoms with Gasteiger partial charge in [0.15, 0.2) is 6.54 Å². The second-order valence-electron chi connectivity index (χ2n) is 8.40. The van der Waals surface area contributed by atoms with Crippen LogP contribution < -0.4 is 10.2 Å². The van der Waals surface area contributed by atoms with Crippen LogP contribution in [0.1, 0.15) is 48.8 Å². The van der Waals surface area contributed by atoms with E-state index in [-0.39, 0.29) is 18.0 Å². The SMILES string of the molecule is Cc1cc(-c2csc(C[NH+](C)CC(=O)NC(C)C)n2)c(C)n1[C@@H](C)c1ccccc1. The maximum atomic E-state index is 12.0. The summed E-state index contributed by atoms with van der Waals surface area (Å²) in [5.74, 6) is 0.0812. The van der Waals surface area contributed by atoms with Gasteiger partial charge in [-0.15, -0.1) is 11.3 Å². The van der Waals surface area contributed by atoms with Gasteiger partial charge in [0.25, 0.3) is 5.91 Å². The molecule has 3 rings (SSSR count). The number of rotatable bonds is 8. The Hall–Kier alpha value is -2.44. The highest BCUT2D eigenvalue weighted by molar-refractivity contribution is 7.09. The summed E-state index contributed by atoms with van der Waals surface area (Å²) in [5, 5.41) is 6.14. The van der Waals surface area contributed by atoms with E-state index in [4.69, 9.17) is 4.98 Å². The average Bonchev–Trinajstić information content (AvgIpc) is 3.24. The number of carbonyl (C=O) groups is 1. The first-order chi connectivity index (χ1) is 14.3. The molecule has 30 heavy (non-hydrogen) atoms. The molecule has 1 unspecified atom stereocenters. The summed E-state index contributed by atoms with van der Waals surface area (Å²) in [6.07, 6.45) is 0. The number of aromatic nitrogens is 2. The lowest BCUT2D eigenvalue weighted by Gasteiger charge is -2.19. The van der Waals surface area contributed by atoms with E-state index in [1.54, 1.807) is 11.3 Å². The van der Waals surface area contributed by atoms with Crippen molar-refractivity contribution in [2.75, 3.05) is 13.6 Å². The second-order valence-corrected chi connectivity index (χ2v) is 9.34. The first kappa shape index (κ1) is 22.2. The van der Waals surface area contributed by atoms with Crippen molar-refractivity contribution in [3.8, 4) is 11.3 Å². The molecule has 2 atom stereocenters. The molecule has 0 bridgehead atoms. The van der Waals surface area contributed by atoms with Crippen LogP contribution in [-0.2, 0) is 11.3 Å². The average molecular weight is 426 g/mol. The van der Waals surface area contributed by atoms with Gasteiger partial charge in [0.1, 0.15) is 11.6 Å². The molecule has 1 aromatic carbocycles. The molecule has 3 aromatic rings. The highest BCUT2D eigenvalue weighted by Gasteiger charge is 2.19. The molecule has 0 aliphatic heterocycles. The molecule has 6 heteroatoms. The Morgan fingerprint density at radius 2 is 1.90 bits per heavy atom. The molecule has 0 aliphatic carbocycles. The molecule has 0 saturated heterocycles.